The van der Waals surface area contributed by atoms with Crippen molar-refractivity contribution in [3.63, 3.8) is 0 Å². The molecule has 2 rings (SSSR count). The van der Waals surface area contributed by atoms with Gasteiger partial charge in [0, 0.05) is 18.7 Å². The minimum atomic E-state index is -1.03. The summed E-state index contributed by atoms with van der Waals surface area (Å²) < 4.78 is 20.2. The van der Waals surface area contributed by atoms with Gasteiger partial charge in [0.2, 0.25) is 0 Å². The normalized spacial score (nSPS) is 12.4. The average molecular weight is 249 g/mol. The number of benzene rings is 1. The highest BCUT2D eigenvalue weighted by atomic mass is 19.1. The monoisotopic (exact) mass is 249 g/mol. The second kappa shape index (κ2) is 4.68. The Bertz CT molecular complexity index is 544. The van der Waals surface area contributed by atoms with Crippen molar-refractivity contribution >= 4 is 5.82 Å². The number of nitrogens with two attached hydrogens (primary N) is 1. The molecular weight excluding hydrogens is 233 g/mol. The molecule has 1 heterocycles. The lowest BCUT2D eigenvalue weighted by Crippen LogP contribution is -1.97. The summed E-state index contributed by atoms with van der Waals surface area (Å²) in [5.74, 6) is 1.20. The number of nitrogens with zero attached hydrogens (tertiary/aromatic N) is 2. The first kappa shape index (κ1) is 12.4. The van der Waals surface area contributed by atoms with Crippen LogP contribution in [0.15, 0.2) is 24.3 Å². The lowest BCUT2D eigenvalue weighted by Gasteiger charge is -2.09. The van der Waals surface area contributed by atoms with Crippen LogP contribution in [0.5, 0.6) is 5.75 Å². The van der Waals surface area contributed by atoms with Crippen LogP contribution >= 0.6 is 0 Å². The molecule has 2 N–H and O–H groups in total. The molecule has 0 radical (unpaired) electrons. The molecule has 4 nitrogen and oxygen atoms in total. The Hall–Kier alpha value is -2.04. The number of anilines is 1. The van der Waals surface area contributed by atoms with E-state index in [0.717, 1.165) is 5.56 Å². The van der Waals surface area contributed by atoms with E-state index in [2.05, 4.69) is 5.10 Å². The number of hydrogen-bond acceptors (Lipinski definition) is 3. The van der Waals surface area contributed by atoms with Crippen molar-refractivity contribution in [2.45, 2.75) is 13.1 Å². The Morgan fingerprint density at radius 3 is 2.61 bits per heavy atom. The maximum absolute atomic E-state index is 13.4. The Balaban J connectivity index is 2.56. The van der Waals surface area contributed by atoms with Crippen molar-refractivity contribution < 1.29 is 9.13 Å². The fourth-order valence-electron chi connectivity index (χ4n) is 1.79. The summed E-state index contributed by atoms with van der Waals surface area (Å²) in [4.78, 5) is 0. The van der Waals surface area contributed by atoms with E-state index in [9.17, 15) is 4.39 Å². The van der Waals surface area contributed by atoms with E-state index in [4.69, 9.17) is 10.5 Å². The standard InChI is InChI=1S/C13H16FN3O/c1-8(14)9-4-5-12(18-3)10(6-9)11-7-13(15)17(2)16-11/h4-8H,15H2,1-3H3. The van der Waals surface area contributed by atoms with Crippen LogP contribution in [-0.4, -0.2) is 16.9 Å². The number of hydrogen-bond donors (Lipinski definition) is 1. The lowest BCUT2D eigenvalue weighted by atomic mass is 10.0. The number of alkyl halides is 1. The van der Waals surface area contributed by atoms with Crippen LogP contribution in [0.4, 0.5) is 10.2 Å². The zero-order chi connectivity index (χ0) is 13.3. The van der Waals surface area contributed by atoms with E-state index in [1.165, 1.54) is 6.92 Å². The Morgan fingerprint density at radius 2 is 2.11 bits per heavy atom. The molecule has 0 bridgehead atoms. The molecule has 0 saturated carbocycles. The van der Waals surface area contributed by atoms with Gasteiger partial charge in [-0.25, -0.2) is 4.39 Å². The van der Waals surface area contributed by atoms with Crippen LogP contribution in [0.1, 0.15) is 18.7 Å². The fraction of sp³-hybridized carbons (Fsp3) is 0.308. The third kappa shape index (κ3) is 2.16. The Labute approximate surface area is 105 Å². The van der Waals surface area contributed by atoms with Crippen molar-refractivity contribution in [2.24, 2.45) is 7.05 Å². The molecule has 1 aromatic carbocycles. The zero-order valence-electron chi connectivity index (χ0n) is 10.6. The van der Waals surface area contributed by atoms with Crippen LogP contribution in [0, 0.1) is 0 Å². The average Bonchev–Trinajstić information content (AvgIpc) is 2.68. The van der Waals surface area contributed by atoms with E-state index in [1.54, 1.807) is 43.1 Å². The lowest BCUT2D eigenvalue weighted by molar-refractivity contribution is 0.373. The number of methoxy groups -OCH3 is 1. The largest absolute Gasteiger partial charge is 0.496 e. The third-order valence-corrected chi connectivity index (χ3v) is 2.87. The van der Waals surface area contributed by atoms with Crippen molar-refractivity contribution in [3.05, 3.63) is 29.8 Å². The highest BCUT2D eigenvalue weighted by molar-refractivity contribution is 5.70. The molecule has 0 saturated heterocycles. The summed E-state index contributed by atoms with van der Waals surface area (Å²) >= 11 is 0. The van der Waals surface area contributed by atoms with Gasteiger partial charge < -0.3 is 10.5 Å². The van der Waals surface area contributed by atoms with Crippen molar-refractivity contribution in [1.82, 2.24) is 9.78 Å². The van der Waals surface area contributed by atoms with Gasteiger partial charge in [-0.1, -0.05) is 6.07 Å². The summed E-state index contributed by atoms with van der Waals surface area (Å²) in [6.07, 6.45) is -1.03. The fourth-order valence-corrected chi connectivity index (χ4v) is 1.79. The first-order chi connectivity index (χ1) is 8.52. The summed E-state index contributed by atoms with van der Waals surface area (Å²) in [5.41, 5.74) is 7.76. The third-order valence-electron chi connectivity index (χ3n) is 2.87. The van der Waals surface area contributed by atoms with Gasteiger partial charge in [0.25, 0.3) is 0 Å². The summed E-state index contributed by atoms with van der Waals surface area (Å²) in [5, 5.41) is 4.28. The molecule has 2 aromatic rings. The molecule has 0 aliphatic rings. The predicted octanol–water partition coefficient (Wildman–Crippen LogP) is 2.71. The van der Waals surface area contributed by atoms with Crippen LogP contribution in [0.25, 0.3) is 11.3 Å². The summed E-state index contributed by atoms with van der Waals surface area (Å²) in [6.45, 7) is 1.50. The molecule has 1 unspecified atom stereocenters. The summed E-state index contributed by atoms with van der Waals surface area (Å²) in [7, 11) is 3.33. The van der Waals surface area contributed by atoms with Gasteiger partial charge in [-0.3, -0.25) is 4.68 Å². The van der Waals surface area contributed by atoms with E-state index in [-0.39, 0.29) is 0 Å². The second-order valence-electron chi connectivity index (χ2n) is 4.15. The van der Waals surface area contributed by atoms with Gasteiger partial charge in [0.15, 0.2) is 0 Å². The van der Waals surface area contributed by atoms with Gasteiger partial charge >= 0.3 is 0 Å². The van der Waals surface area contributed by atoms with Crippen LogP contribution < -0.4 is 10.5 Å². The number of ether oxygens (including phenoxy) is 1. The molecule has 0 aliphatic carbocycles. The Morgan fingerprint density at radius 1 is 1.39 bits per heavy atom. The molecule has 1 aromatic heterocycles. The van der Waals surface area contributed by atoms with Crippen molar-refractivity contribution in [3.8, 4) is 17.0 Å². The number of aromatic nitrogens is 2. The van der Waals surface area contributed by atoms with E-state index < -0.39 is 6.17 Å². The highest BCUT2D eigenvalue weighted by Crippen LogP contribution is 2.33. The quantitative estimate of drug-likeness (QED) is 0.910. The van der Waals surface area contributed by atoms with Crippen LogP contribution in [-0.2, 0) is 7.05 Å². The maximum Gasteiger partial charge on any atom is 0.128 e. The number of rotatable bonds is 3. The van der Waals surface area contributed by atoms with Crippen molar-refractivity contribution in [1.29, 1.82) is 0 Å². The molecule has 96 valence electrons. The van der Waals surface area contributed by atoms with Gasteiger partial charge in [-0.05, 0) is 24.6 Å². The maximum atomic E-state index is 13.4. The van der Waals surface area contributed by atoms with Crippen LogP contribution in [0.3, 0.4) is 0 Å². The van der Waals surface area contributed by atoms with E-state index in [0.29, 0.717) is 22.8 Å². The highest BCUT2D eigenvalue weighted by Gasteiger charge is 2.13. The smallest absolute Gasteiger partial charge is 0.128 e. The first-order valence-corrected chi connectivity index (χ1v) is 5.65. The second-order valence-corrected chi connectivity index (χ2v) is 4.15. The van der Waals surface area contributed by atoms with E-state index >= 15 is 0 Å². The minimum Gasteiger partial charge on any atom is -0.496 e. The molecule has 5 heteroatoms. The molecule has 0 amide bonds. The summed E-state index contributed by atoms with van der Waals surface area (Å²) in [6, 6.07) is 6.93. The SMILES string of the molecule is COc1ccc(C(C)F)cc1-c1cc(N)n(C)n1. The predicted molar refractivity (Wildman–Crippen MR) is 69.1 cm³/mol. The first-order valence-electron chi connectivity index (χ1n) is 5.65. The van der Waals surface area contributed by atoms with Crippen LogP contribution in [0.2, 0.25) is 0 Å². The molecule has 0 spiro atoms. The van der Waals surface area contributed by atoms with Gasteiger partial charge in [-0.15, -0.1) is 0 Å². The Kier molecular flexibility index (Phi) is 3.23. The topological polar surface area (TPSA) is 53.1 Å². The molecular formula is C13H16FN3O. The van der Waals surface area contributed by atoms with Gasteiger partial charge in [0.05, 0.1) is 12.8 Å². The zero-order valence-corrected chi connectivity index (χ0v) is 10.6. The minimum absolute atomic E-state index is 0.547. The van der Waals surface area contributed by atoms with Gasteiger partial charge in [0.1, 0.15) is 17.7 Å². The number of aryl methyl sites for hydroxylation is 1. The van der Waals surface area contributed by atoms with Gasteiger partial charge in [-0.2, -0.15) is 5.10 Å². The molecule has 0 fully saturated rings. The molecule has 1 atom stereocenters. The number of halogens is 1. The number of nitrogen functional groups attached to an aromatic ring is 1. The molecule has 18 heavy (non-hydrogen) atoms. The van der Waals surface area contributed by atoms with Crippen molar-refractivity contribution in [2.75, 3.05) is 12.8 Å². The van der Waals surface area contributed by atoms with E-state index in [1.807, 2.05) is 0 Å². The molecule has 0 aliphatic heterocycles.